The summed E-state index contributed by atoms with van der Waals surface area (Å²) in [6.45, 7) is 0.0393. The van der Waals surface area contributed by atoms with Gasteiger partial charge >= 0.3 is 6.18 Å². The standard InChI is InChI=1S/C10H18F3N3O/c11-10(12,13)8(9(14)15)5-16-4-2-1-3-7(16)6-17/h7-8,17H,1-6H2,(H3,14,15). The molecule has 0 amide bonds. The van der Waals surface area contributed by atoms with E-state index in [1.807, 2.05) is 0 Å². The van der Waals surface area contributed by atoms with Crippen molar-refractivity contribution in [2.45, 2.75) is 31.5 Å². The number of nitrogens with two attached hydrogens (primary N) is 1. The molecule has 100 valence electrons. The number of alkyl halides is 3. The van der Waals surface area contributed by atoms with Gasteiger partial charge in [0.05, 0.1) is 6.61 Å². The number of likely N-dealkylation sites (tertiary alicyclic amines) is 1. The predicted octanol–water partition coefficient (Wildman–Crippen LogP) is 0.948. The van der Waals surface area contributed by atoms with Gasteiger partial charge in [-0.05, 0) is 19.4 Å². The van der Waals surface area contributed by atoms with E-state index in [9.17, 15) is 13.2 Å². The van der Waals surface area contributed by atoms with Crippen LogP contribution in [-0.4, -0.2) is 47.8 Å². The topological polar surface area (TPSA) is 73.3 Å². The lowest BCUT2D eigenvalue weighted by Crippen LogP contribution is -2.50. The smallest absolute Gasteiger partial charge is 0.395 e. The summed E-state index contributed by atoms with van der Waals surface area (Å²) in [7, 11) is 0. The van der Waals surface area contributed by atoms with Crippen molar-refractivity contribution < 1.29 is 18.3 Å². The Hall–Kier alpha value is -0.820. The van der Waals surface area contributed by atoms with Crippen molar-refractivity contribution in [3.63, 3.8) is 0 Å². The van der Waals surface area contributed by atoms with E-state index in [1.165, 1.54) is 0 Å². The van der Waals surface area contributed by atoms with E-state index in [1.54, 1.807) is 4.90 Å². The Balaban J connectivity index is 2.68. The average Bonchev–Trinajstić information content (AvgIpc) is 2.24. The van der Waals surface area contributed by atoms with Gasteiger partial charge in [-0.25, -0.2) is 0 Å². The van der Waals surface area contributed by atoms with Gasteiger partial charge in [-0.15, -0.1) is 0 Å². The molecule has 7 heteroatoms. The molecule has 17 heavy (non-hydrogen) atoms. The van der Waals surface area contributed by atoms with Gasteiger partial charge in [0.1, 0.15) is 11.8 Å². The lowest BCUT2D eigenvalue weighted by atomic mass is 9.99. The number of aliphatic hydroxyl groups excluding tert-OH is 1. The normalized spacial score (nSPS) is 24.6. The number of nitrogens with one attached hydrogen (secondary N) is 1. The first-order chi connectivity index (χ1) is 7.86. The largest absolute Gasteiger partial charge is 0.399 e. The summed E-state index contributed by atoms with van der Waals surface area (Å²) in [5, 5.41) is 16.1. The van der Waals surface area contributed by atoms with E-state index in [0.29, 0.717) is 13.0 Å². The minimum absolute atomic E-state index is 0.150. The molecule has 2 atom stereocenters. The van der Waals surface area contributed by atoms with Crippen LogP contribution in [0.3, 0.4) is 0 Å². The van der Waals surface area contributed by atoms with E-state index in [4.69, 9.17) is 16.2 Å². The minimum atomic E-state index is -4.50. The lowest BCUT2D eigenvalue weighted by molar-refractivity contribution is -0.162. The first-order valence-electron chi connectivity index (χ1n) is 5.61. The van der Waals surface area contributed by atoms with E-state index >= 15 is 0 Å². The number of rotatable bonds is 4. The molecular weight excluding hydrogens is 235 g/mol. The summed E-state index contributed by atoms with van der Waals surface area (Å²) in [5.41, 5.74) is 5.00. The van der Waals surface area contributed by atoms with Crippen molar-refractivity contribution in [3.05, 3.63) is 0 Å². The van der Waals surface area contributed by atoms with Crippen LogP contribution in [0.5, 0.6) is 0 Å². The number of hydrogen-bond acceptors (Lipinski definition) is 3. The number of halogens is 3. The Kier molecular flexibility index (Phi) is 4.76. The van der Waals surface area contributed by atoms with Gasteiger partial charge in [0.25, 0.3) is 0 Å². The van der Waals surface area contributed by atoms with Gasteiger partial charge < -0.3 is 10.8 Å². The van der Waals surface area contributed by atoms with Crippen LogP contribution in [0.2, 0.25) is 0 Å². The maximum Gasteiger partial charge on any atom is 0.399 e. The molecule has 0 saturated carbocycles. The van der Waals surface area contributed by atoms with E-state index < -0.39 is 17.9 Å². The lowest BCUT2D eigenvalue weighted by Gasteiger charge is -2.37. The van der Waals surface area contributed by atoms with Gasteiger partial charge in [-0.2, -0.15) is 13.2 Å². The summed E-state index contributed by atoms with van der Waals surface area (Å²) in [5.74, 6) is -2.80. The SMILES string of the molecule is N=C(N)C(CN1CCCCC1CO)C(F)(F)F. The van der Waals surface area contributed by atoms with Crippen molar-refractivity contribution in [2.75, 3.05) is 19.7 Å². The molecule has 4 N–H and O–H groups in total. The first kappa shape index (κ1) is 14.2. The van der Waals surface area contributed by atoms with E-state index in [0.717, 1.165) is 12.8 Å². The second-order valence-corrected chi connectivity index (χ2v) is 4.38. The molecule has 4 nitrogen and oxygen atoms in total. The molecule has 0 spiro atoms. The molecule has 1 heterocycles. The number of hydrogen-bond donors (Lipinski definition) is 3. The van der Waals surface area contributed by atoms with Crippen LogP contribution in [-0.2, 0) is 0 Å². The molecular formula is C10H18F3N3O. The molecule has 0 radical (unpaired) electrons. The Morgan fingerprint density at radius 2 is 2.12 bits per heavy atom. The second kappa shape index (κ2) is 5.68. The number of aliphatic hydroxyl groups is 1. The third-order valence-corrected chi connectivity index (χ3v) is 3.15. The highest BCUT2D eigenvalue weighted by Gasteiger charge is 2.43. The molecule has 1 rings (SSSR count). The van der Waals surface area contributed by atoms with Gasteiger partial charge in [-0.3, -0.25) is 10.3 Å². The third-order valence-electron chi connectivity index (χ3n) is 3.15. The van der Waals surface area contributed by atoms with Crippen LogP contribution in [0, 0.1) is 11.3 Å². The minimum Gasteiger partial charge on any atom is -0.395 e. The fourth-order valence-electron chi connectivity index (χ4n) is 2.12. The summed E-state index contributed by atoms with van der Waals surface area (Å²) in [4.78, 5) is 1.59. The van der Waals surface area contributed by atoms with Crippen LogP contribution in [0.1, 0.15) is 19.3 Å². The first-order valence-corrected chi connectivity index (χ1v) is 5.61. The van der Waals surface area contributed by atoms with Crippen molar-refractivity contribution in [2.24, 2.45) is 11.7 Å². The molecule has 2 unspecified atom stereocenters. The van der Waals surface area contributed by atoms with Crippen molar-refractivity contribution in [3.8, 4) is 0 Å². The summed E-state index contributed by atoms with van der Waals surface area (Å²) < 4.78 is 37.9. The maximum atomic E-state index is 12.6. The van der Waals surface area contributed by atoms with Gasteiger partial charge in [0.15, 0.2) is 0 Å². The van der Waals surface area contributed by atoms with Crippen LogP contribution in [0.4, 0.5) is 13.2 Å². The highest BCUT2D eigenvalue weighted by Crippen LogP contribution is 2.29. The van der Waals surface area contributed by atoms with Crippen molar-refractivity contribution in [1.29, 1.82) is 5.41 Å². The van der Waals surface area contributed by atoms with Crippen LogP contribution >= 0.6 is 0 Å². The predicted molar refractivity (Wildman–Crippen MR) is 57.8 cm³/mol. The van der Waals surface area contributed by atoms with Gasteiger partial charge in [0, 0.05) is 12.6 Å². The van der Waals surface area contributed by atoms with Crippen LogP contribution < -0.4 is 5.73 Å². The number of nitrogens with zero attached hydrogens (tertiary/aromatic N) is 1. The molecule has 1 aliphatic rings. The Labute approximate surface area is 98.1 Å². The molecule has 0 aromatic rings. The van der Waals surface area contributed by atoms with Crippen LogP contribution in [0.25, 0.3) is 0 Å². The monoisotopic (exact) mass is 253 g/mol. The molecule has 1 fully saturated rings. The zero-order valence-corrected chi connectivity index (χ0v) is 9.50. The van der Waals surface area contributed by atoms with E-state index in [-0.39, 0.29) is 19.2 Å². The second-order valence-electron chi connectivity index (χ2n) is 4.38. The zero-order valence-electron chi connectivity index (χ0n) is 9.50. The average molecular weight is 253 g/mol. The summed E-state index contributed by atoms with van der Waals surface area (Å²) >= 11 is 0. The van der Waals surface area contributed by atoms with Crippen LogP contribution in [0.15, 0.2) is 0 Å². The van der Waals surface area contributed by atoms with E-state index in [2.05, 4.69) is 0 Å². The van der Waals surface area contributed by atoms with Gasteiger partial charge in [-0.1, -0.05) is 6.42 Å². The van der Waals surface area contributed by atoms with Crippen molar-refractivity contribution >= 4 is 5.84 Å². The highest BCUT2D eigenvalue weighted by atomic mass is 19.4. The fraction of sp³-hybridized carbons (Fsp3) is 0.900. The highest BCUT2D eigenvalue weighted by molar-refractivity contribution is 5.80. The Morgan fingerprint density at radius 1 is 1.47 bits per heavy atom. The Morgan fingerprint density at radius 3 is 2.59 bits per heavy atom. The molecule has 1 saturated heterocycles. The number of piperidine rings is 1. The fourth-order valence-corrected chi connectivity index (χ4v) is 2.12. The number of amidine groups is 1. The molecule has 0 bridgehead atoms. The third kappa shape index (κ3) is 3.85. The quantitative estimate of drug-likeness (QED) is 0.516. The summed E-state index contributed by atoms with van der Waals surface area (Å²) in [6.07, 6.45) is -2.07. The molecule has 0 aliphatic carbocycles. The maximum absolute atomic E-state index is 12.6. The molecule has 0 aromatic heterocycles. The van der Waals surface area contributed by atoms with Crippen molar-refractivity contribution in [1.82, 2.24) is 4.90 Å². The Bertz CT molecular complexity index is 270. The zero-order chi connectivity index (χ0) is 13.1. The molecule has 0 aromatic carbocycles. The summed E-state index contributed by atoms with van der Waals surface area (Å²) in [6, 6.07) is -0.243. The van der Waals surface area contributed by atoms with Gasteiger partial charge in [0.2, 0.25) is 0 Å². The molecule has 1 aliphatic heterocycles.